The number of halogens is 2. The third kappa shape index (κ3) is 1.59. The van der Waals surface area contributed by atoms with E-state index in [0.717, 1.165) is 0 Å². The molecule has 2 heterocycles. The normalized spacial score (nSPS) is 11.0. The second kappa shape index (κ2) is 4.24. The Bertz CT molecular complexity index is 582. The Morgan fingerprint density at radius 2 is 2.06 bits per heavy atom. The van der Waals surface area contributed by atoms with Gasteiger partial charge in [-0.2, -0.15) is 0 Å². The first-order valence-corrected chi connectivity index (χ1v) is 6.28. The van der Waals surface area contributed by atoms with Crippen molar-refractivity contribution < 1.29 is 4.79 Å². The van der Waals surface area contributed by atoms with E-state index in [4.69, 9.17) is 23.2 Å². The SMILES string of the molecule is CSc1nc(Cl)c2c(C=O)c(Cl)n(C)c2n1. The van der Waals surface area contributed by atoms with Crippen molar-refractivity contribution in [2.75, 3.05) is 6.26 Å². The van der Waals surface area contributed by atoms with Gasteiger partial charge in [0.1, 0.15) is 16.0 Å². The highest BCUT2D eigenvalue weighted by Crippen LogP contribution is 2.32. The molecule has 2 aromatic rings. The molecule has 0 atom stereocenters. The van der Waals surface area contributed by atoms with Crippen molar-refractivity contribution in [3.05, 3.63) is 15.9 Å². The molecule has 16 heavy (non-hydrogen) atoms. The van der Waals surface area contributed by atoms with Crippen LogP contribution < -0.4 is 0 Å². The van der Waals surface area contributed by atoms with Gasteiger partial charge in [-0.25, -0.2) is 9.97 Å². The van der Waals surface area contributed by atoms with Gasteiger partial charge < -0.3 is 4.57 Å². The summed E-state index contributed by atoms with van der Waals surface area (Å²) in [4.78, 5) is 19.3. The van der Waals surface area contributed by atoms with Crippen LogP contribution in [0, 0.1) is 0 Å². The molecule has 0 fully saturated rings. The van der Waals surface area contributed by atoms with Crippen LogP contribution in [0.4, 0.5) is 0 Å². The summed E-state index contributed by atoms with van der Waals surface area (Å²) in [6.07, 6.45) is 2.52. The van der Waals surface area contributed by atoms with Crippen LogP contribution in [0.5, 0.6) is 0 Å². The second-order valence-electron chi connectivity index (χ2n) is 3.08. The molecule has 0 saturated heterocycles. The number of fused-ring (bicyclic) bond motifs is 1. The van der Waals surface area contributed by atoms with Crippen LogP contribution >= 0.6 is 35.0 Å². The van der Waals surface area contributed by atoms with Gasteiger partial charge in [0, 0.05) is 7.05 Å². The van der Waals surface area contributed by atoms with Crippen LogP contribution in [0.3, 0.4) is 0 Å². The molecule has 0 spiro atoms. The summed E-state index contributed by atoms with van der Waals surface area (Å²) < 4.78 is 1.62. The number of hydrogen-bond acceptors (Lipinski definition) is 4. The molecule has 0 aliphatic rings. The van der Waals surface area contributed by atoms with Crippen LogP contribution in [-0.4, -0.2) is 27.1 Å². The van der Waals surface area contributed by atoms with Gasteiger partial charge in [-0.1, -0.05) is 35.0 Å². The minimum Gasteiger partial charge on any atom is -0.319 e. The molecule has 4 nitrogen and oxygen atoms in total. The Balaban J connectivity index is 2.94. The molecule has 0 saturated carbocycles. The lowest BCUT2D eigenvalue weighted by Crippen LogP contribution is -1.93. The quantitative estimate of drug-likeness (QED) is 0.366. The summed E-state index contributed by atoms with van der Waals surface area (Å²) in [7, 11) is 1.73. The first kappa shape index (κ1) is 11.7. The molecule has 0 amide bonds. The van der Waals surface area contributed by atoms with Crippen LogP contribution in [0.2, 0.25) is 10.3 Å². The van der Waals surface area contributed by atoms with Gasteiger partial charge in [-0.15, -0.1) is 0 Å². The average molecular weight is 276 g/mol. The molecule has 0 bridgehead atoms. The van der Waals surface area contributed by atoms with Gasteiger partial charge in [0.15, 0.2) is 11.4 Å². The van der Waals surface area contributed by atoms with E-state index in [-0.39, 0.29) is 5.15 Å². The van der Waals surface area contributed by atoms with Crippen molar-refractivity contribution in [3.8, 4) is 0 Å². The summed E-state index contributed by atoms with van der Waals surface area (Å²) in [5, 5.41) is 1.62. The van der Waals surface area contributed by atoms with E-state index >= 15 is 0 Å². The highest BCUT2D eigenvalue weighted by molar-refractivity contribution is 7.98. The summed E-state index contributed by atoms with van der Waals surface area (Å²) in [5.41, 5.74) is 0.897. The first-order valence-electron chi connectivity index (χ1n) is 4.30. The molecule has 0 N–H and O–H groups in total. The van der Waals surface area contributed by atoms with Crippen molar-refractivity contribution >= 4 is 52.3 Å². The Hall–Kier alpha value is -0.780. The van der Waals surface area contributed by atoms with Gasteiger partial charge in [0.05, 0.1) is 10.9 Å². The van der Waals surface area contributed by atoms with Gasteiger partial charge >= 0.3 is 0 Å². The predicted octanol–water partition coefficient (Wildman–Crippen LogP) is 2.81. The number of thioether (sulfide) groups is 1. The number of carbonyl (C=O) groups excluding carboxylic acids is 1. The monoisotopic (exact) mass is 275 g/mol. The summed E-state index contributed by atoms with van der Waals surface area (Å²) in [6.45, 7) is 0. The largest absolute Gasteiger partial charge is 0.319 e. The highest BCUT2D eigenvalue weighted by atomic mass is 35.5. The molecule has 84 valence electrons. The molecule has 0 aromatic carbocycles. The Kier molecular flexibility index (Phi) is 3.10. The molecule has 0 unspecified atom stereocenters. The fourth-order valence-corrected chi connectivity index (χ4v) is 2.35. The summed E-state index contributed by atoms with van der Waals surface area (Å²) in [5.74, 6) is 0. The Morgan fingerprint density at radius 1 is 1.38 bits per heavy atom. The number of nitrogens with zero attached hydrogens (tertiary/aromatic N) is 3. The van der Waals surface area contributed by atoms with E-state index in [1.165, 1.54) is 11.8 Å². The minimum atomic E-state index is 0.249. The number of aldehydes is 1. The third-order valence-corrected chi connectivity index (χ3v) is 3.51. The van der Waals surface area contributed by atoms with Gasteiger partial charge in [-0.3, -0.25) is 4.79 Å². The lowest BCUT2D eigenvalue weighted by Gasteiger charge is -1.99. The molecule has 2 rings (SSSR count). The average Bonchev–Trinajstić information content (AvgIpc) is 2.53. The number of aromatic nitrogens is 3. The lowest BCUT2D eigenvalue weighted by molar-refractivity contribution is 0.112. The number of rotatable bonds is 2. The standard InChI is InChI=1S/C9H7Cl2N3OS/c1-14-7(11)4(3-15)5-6(10)12-9(16-2)13-8(5)14/h3H,1-2H3. The van der Waals surface area contributed by atoms with Crippen molar-refractivity contribution in [1.29, 1.82) is 0 Å². The van der Waals surface area contributed by atoms with E-state index in [2.05, 4.69) is 9.97 Å². The van der Waals surface area contributed by atoms with Gasteiger partial charge in [0.2, 0.25) is 0 Å². The highest BCUT2D eigenvalue weighted by Gasteiger charge is 2.18. The fourth-order valence-electron chi connectivity index (χ4n) is 1.45. The molecule has 0 aliphatic heterocycles. The lowest BCUT2D eigenvalue weighted by atomic mass is 10.3. The van der Waals surface area contributed by atoms with E-state index in [1.807, 2.05) is 6.26 Å². The van der Waals surface area contributed by atoms with E-state index in [1.54, 1.807) is 11.6 Å². The van der Waals surface area contributed by atoms with E-state index in [9.17, 15) is 4.79 Å². The zero-order valence-electron chi connectivity index (χ0n) is 8.49. The maximum Gasteiger partial charge on any atom is 0.190 e. The number of aryl methyl sites for hydroxylation is 1. The molecule has 7 heteroatoms. The van der Waals surface area contributed by atoms with E-state index < -0.39 is 0 Å². The summed E-state index contributed by atoms with van der Waals surface area (Å²) in [6, 6.07) is 0. The topological polar surface area (TPSA) is 47.8 Å². The zero-order chi connectivity index (χ0) is 11.9. The van der Waals surface area contributed by atoms with Crippen molar-refractivity contribution in [1.82, 2.24) is 14.5 Å². The maximum absolute atomic E-state index is 10.9. The Labute approximate surface area is 106 Å². The van der Waals surface area contributed by atoms with Crippen LogP contribution in [-0.2, 0) is 7.05 Å². The number of hydrogen-bond donors (Lipinski definition) is 0. The third-order valence-electron chi connectivity index (χ3n) is 2.23. The van der Waals surface area contributed by atoms with Crippen molar-refractivity contribution in [2.45, 2.75) is 5.16 Å². The van der Waals surface area contributed by atoms with Gasteiger partial charge in [0.25, 0.3) is 0 Å². The molecule has 2 aromatic heterocycles. The predicted molar refractivity (Wildman–Crippen MR) is 65.7 cm³/mol. The van der Waals surface area contributed by atoms with Gasteiger partial charge in [-0.05, 0) is 6.26 Å². The smallest absolute Gasteiger partial charge is 0.190 e. The zero-order valence-corrected chi connectivity index (χ0v) is 10.8. The fraction of sp³-hybridized carbons (Fsp3) is 0.222. The second-order valence-corrected chi connectivity index (χ2v) is 4.57. The summed E-state index contributed by atoms with van der Waals surface area (Å²) >= 11 is 13.4. The molecular formula is C9H7Cl2N3OS. The Morgan fingerprint density at radius 3 is 2.62 bits per heavy atom. The van der Waals surface area contributed by atoms with Crippen LogP contribution in [0.25, 0.3) is 11.0 Å². The van der Waals surface area contributed by atoms with Crippen LogP contribution in [0.1, 0.15) is 10.4 Å². The maximum atomic E-state index is 10.9. The number of carbonyl (C=O) groups is 1. The van der Waals surface area contributed by atoms with E-state index in [0.29, 0.717) is 33.2 Å². The first-order chi connectivity index (χ1) is 7.60. The van der Waals surface area contributed by atoms with Crippen LogP contribution in [0.15, 0.2) is 5.16 Å². The minimum absolute atomic E-state index is 0.249. The molecule has 0 radical (unpaired) electrons. The molecule has 0 aliphatic carbocycles. The molecular weight excluding hydrogens is 269 g/mol. The van der Waals surface area contributed by atoms with Crippen molar-refractivity contribution in [2.24, 2.45) is 7.05 Å². The van der Waals surface area contributed by atoms with Crippen molar-refractivity contribution in [3.63, 3.8) is 0 Å².